The Morgan fingerprint density at radius 3 is 2.29 bits per heavy atom. The second-order valence-electron chi connectivity index (χ2n) is 6.31. The highest BCUT2D eigenvalue weighted by atomic mass is 32.2. The molecule has 0 unspecified atom stereocenters. The molecule has 0 radical (unpaired) electrons. The van der Waals surface area contributed by atoms with E-state index in [1.54, 1.807) is 31.2 Å². The molecule has 0 bridgehead atoms. The number of benzene rings is 3. The molecular formula is C21H18NO5S-. The van der Waals surface area contributed by atoms with Crippen LogP contribution in [0.25, 0.3) is 0 Å². The summed E-state index contributed by atoms with van der Waals surface area (Å²) >= 11 is 0. The van der Waals surface area contributed by atoms with E-state index in [-0.39, 0.29) is 10.5 Å². The van der Waals surface area contributed by atoms with Crippen molar-refractivity contribution in [2.24, 2.45) is 0 Å². The van der Waals surface area contributed by atoms with E-state index in [0.717, 1.165) is 11.6 Å². The molecule has 0 amide bonds. The summed E-state index contributed by atoms with van der Waals surface area (Å²) in [6.45, 7) is 3.53. The molecule has 0 saturated carbocycles. The van der Waals surface area contributed by atoms with Crippen LogP contribution in [0.15, 0.2) is 71.6 Å². The van der Waals surface area contributed by atoms with E-state index < -0.39 is 16.0 Å². The number of rotatable bonds is 6. The molecule has 0 aliphatic heterocycles. The van der Waals surface area contributed by atoms with Crippen molar-refractivity contribution in [1.29, 1.82) is 0 Å². The van der Waals surface area contributed by atoms with Gasteiger partial charge in [0.25, 0.3) is 10.0 Å². The highest BCUT2D eigenvalue weighted by Crippen LogP contribution is 2.25. The lowest BCUT2D eigenvalue weighted by Gasteiger charge is -2.12. The van der Waals surface area contributed by atoms with Crippen molar-refractivity contribution in [3.63, 3.8) is 0 Å². The lowest BCUT2D eigenvalue weighted by atomic mass is 10.1. The number of aromatic carboxylic acids is 1. The smallest absolute Gasteiger partial charge is 0.261 e. The minimum absolute atomic E-state index is 0.155. The van der Waals surface area contributed by atoms with Crippen LogP contribution in [0, 0.1) is 13.8 Å². The van der Waals surface area contributed by atoms with Gasteiger partial charge in [0.05, 0.1) is 10.9 Å². The number of ether oxygens (including phenoxy) is 1. The molecule has 0 spiro atoms. The first-order valence-corrected chi connectivity index (χ1v) is 9.92. The number of aryl methyl sites for hydroxylation is 2. The van der Waals surface area contributed by atoms with Gasteiger partial charge >= 0.3 is 0 Å². The molecule has 3 rings (SSSR count). The standard InChI is InChI=1S/C21H19NO5S/c1-14-4-3-5-18(12-14)27-17-9-7-16(8-10-17)22-28(25,26)19-11-6-15(2)20(13-19)21(23)24/h3-13,22H,1-2H3,(H,23,24)/p-1. The maximum absolute atomic E-state index is 12.5. The number of anilines is 1. The fourth-order valence-corrected chi connectivity index (χ4v) is 3.69. The number of carbonyl (C=O) groups excluding carboxylic acids is 1. The van der Waals surface area contributed by atoms with E-state index in [1.807, 2.05) is 31.2 Å². The predicted octanol–water partition coefficient (Wildman–Crippen LogP) is 3.26. The van der Waals surface area contributed by atoms with Gasteiger partial charge < -0.3 is 14.6 Å². The first kappa shape index (κ1) is 19.4. The molecule has 0 atom stereocenters. The lowest BCUT2D eigenvalue weighted by molar-refractivity contribution is -0.255. The van der Waals surface area contributed by atoms with E-state index >= 15 is 0 Å². The van der Waals surface area contributed by atoms with Crippen LogP contribution >= 0.6 is 0 Å². The van der Waals surface area contributed by atoms with Crippen LogP contribution in [-0.4, -0.2) is 14.4 Å². The van der Waals surface area contributed by atoms with E-state index in [0.29, 0.717) is 22.7 Å². The first-order valence-electron chi connectivity index (χ1n) is 8.44. The van der Waals surface area contributed by atoms with Gasteiger partial charge in [-0.2, -0.15) is 0 Å². The van der Waals surface area contributed by atoms with E-state index in [2.05, 4.69) is 4.72 Å². The highest BCUT2D eigenvalue weighted by Gasteiger charge is 2.16. The van der Waals surface area contributed by atoms with Gasteiger partial charge in [0.15, 0.2) is 0 Å². The topological polar surface area (TPSA) is 95.5 Å². The molecule has 0 fully saturated rings. The minimum atomic E-state index is -3.95. The molecule has 7 heteroatoms. The molecule has 3 aromatic rings. The minimum Gasteiger partial charge on any atom is -0.545 e. The summed E-state index contributed by atoms with van der Waals surface area (Å²) in [5.74, 6) is -0.182. The SMILES string of the molecule is Cc1cccc(Oc2ccc(NS(=O)(=O)c3ccc(C)c(C(=O)[O-])c3)cc2)c1. The van der Waals surface area contributed by atoms with Crippen LogP contribution in [0.4, 0.5) is 5.69 Å². The third kappa shape index (κ3) is 4.50. The molecule has 3 aromatic carbocycles. The first-order chi connectivity index (χ1) is 13.2. The van der Waals surface area contributed by atoms with Crippen LogP contribution in [-0.2, 0) is 10.0 Å². The molecular weight excluding hydrogens is 378 g/mol. The van der Waals surface area contributed by atoms with Crippen molar-refractivity contribution in [2.45, 2.75) is 18.7 Å². The average Bonchev–Trinajstić information content (AvgIpc) is 2.63. The average molecular weight is 396 g/mol. The van der Waals surface area contributed by atoms with Crippen molar-refractivity contribution in [1.82, 2.24) is 0 Å². The summed E-state index contributed by atoms with van der Waals surface area (Å²) in [5.41, 5.74) is 1.66. The Morgan fingerprint density at radius 2 is 1.64 bits per heavy atom. The predicted molar refractivity (Wildman–Crippen MR) is 104 cm³/mol. The Hall–Kier alpha value is -3.32. The summed E-state index contributed by atoms with van der Waals surface area (Å²) in [6, 6.07) is 17.8. The van der Waals surface area contributed by atoms with E-state index in [4.69, 9.17) is 4.74 Å². The molecule has 1 N–H and O–H groups in total. The van der Waals surface area contributed by atoms with Gasteiger partial charge in [-0.1, -0.05) is 18.2 Å². The van der Waals surface area contributed by atoms with Crippen LogP contribution in [0.5, 0.6) is 11.5 Å². The third-order valence-corrected chi connectivity index (χ3v) is 5.45. The Bertz CT molecular complexity index is 1120. The third-order valence-electron chi connectivity index (χ3n) is 4.07. The van der Waals surface area contributed by atoms with Crippen molar-refractivity contribution < 1.29 is 23.1 Å². The molecule has 28 heavy (non-hydrogen) atoms. The summed E-state index contributed by atoms with van der Waals surface area (Å²) in [5, 5.41) is 11.1. The Kier molecular flexibility index (Phi) is 5.37. The van der Waals surface area contributed by atoms with Gasteiger partial charge in [0.1, 0.15) is 11.5 Å². The quantitative estimate of drug-likeness (QED) is 0.690. The summed E-state index contributed by atoms with van der Waals surface area (Å²) in [4.78, 5) is 11.0. The zero-order chi connectivity index (χ0) is 20.3. The molecule has 0 aliphatic carbocycles. The highest BCUT2D eigenvalue weighted by molar-refractivity contribution is 7.92. The second-order valence-corrected chi connectivity index (χ2v) is 8.00. The summed E-state index contributed by atoms with van der Waals surface area (Å²) < 4.78 is 33.2. The molecule has 0 heterocycles. The Balaban J connectivity index is 1.78. The van der Waals surface area contributed by atoms with Crippen molar-refractivity contribution >= 4 is 21.7 Å². The van der Waals surface area contributed by atoms with Crippen molar-refractivity contribution in [3.05, 3.63) is 83.4 Å². The van der Waals surface area contributed by atoms with Gasteiger partial charge in [-0.05, 0) is 73.5 Å². The zero-order valence-electron chi connectivity index (χ0n) is 15.3. The van der Waals surface area contributed by atoms with Gasteiger partial charge in [0, 0.05) is 11.3 Å². The summed E-state index contributed by atoms with van der Waals surface area (Å²) in [6.07, 6.45) is 0. The number of nitrogens with one attached hydrogen (secondary N) is 1. The van der Waals surface area contributed by atoms with Crippen LogP contribution < -0.4 is 14.6 Å². The fourth-order valence-electron chi connectivity index (χ4n) is 2.61. The molecule has 0 saturated heterocycles. The van der Waals surface area contributed by atoms with Gasteiger partial charge in [-0.15, -0.1) is 0 Å². The molecule has 144 valence electrons. The molecule has 6 nitrogen and oxygen atoms in total. The van der Waals surface area contributed by atoms with E-state index in [1.165, 1.54) is 12.1 Å². The normalized spacial score (nSPS) is 11.1. The zero-order valence-corrected chi connectivity index (χ0v) is 16.1. The number of sulfonamides is 1. The van der Waals surface area contributed by atoms with E-state index in [9.17, 15) is 18.3 Å². The fraction of sp³-hybridized carbons (Fsp3) is 0.0952. The maximum atomic E-state index is 12.5. The summed E-state index contributed by atoms with van der Waals surface area (Å²) in [7, 11) is -3.95. The van der Waals surface area contributed by atoms with Gasteiger partial charge in [0.2, 0.25) is 0 Å². The van der Waals surface area contributed by atoms with Crippen LogP contribution in [0.3, 0.4) is 0 Å². The number of carboxylic acids is 1. The second kappa shape index (κ2) is 7.74. The van der Waals surface area contributed by atoms with Crippen molar-refractivity contribution in [2.75, 3.05) is 4.72 Å². The largest absolute Gasteiger partial charge is 0.545 e. The Labute approximate surface area is 163 Å². The number of carbonyl (C=O) groups is 1. The molecule has 0 aliphatic rings. The van der Waals surface area contributed by atoms with Crippen molar-refractivity contribution in [3.8, 4) is 11.5 Å². The number of hydrogen-bond donors (Lipinski definition) is 1. The van der Waals surface area contributed by atoms with Crippen LogP contribution in [0.2, 0.25) is 0 Å². The Morgan fingerprint density at radius 1 is 0.929 bits per heavy atom. The number of carboxylic acid groups (broad SMARTS) is 1. The van der Waals surface area contributed by atoms with Crippen LogP contribution in [0.1, 0.15) is 21.5 Å². The van der Waals surface area contributed by atoms with Gasteiger partial charge in [-0.3, -0.25) is 4.72 Å². The maximum Gasteiger partial charge on any atom is 0.261 e. The molecule has 0 aromatic heterocycles. The monoisotopic (exact) mass is 396 g/mol. The lowest BCUT2D eigenvalue weighted by Crippen LogP contribution is -2.24. The number of hydrogen-bond acceptors (Lipinski definition) is 5. The van der Waals surface area contributed by atoms with Gasteiger partial charge in [-0.25, -0.2) is 8.42 Å².